The summed E-state index contributed by atoms with van der Waals surface area (Å²) in [6.45, 7) is 2.31. The molecule has 29 heavy (non-hydrogen) atoms. The van der Waals surface area contributed by atoms with Crippen LogP contribution in [0.3, 0.4) is 0 Å². The first-order valence-corrected chi connectivity index (χ1v) is 10.7. The lowest BCUT2D eigenvalue weighted by Crippen LogP contribution is -1.90. The van der Waals surface area contributed by atoms with Crippen LogP contribution < -0.4 is 0 Å². The van der Waals surface area contributed by atoms with Crippen molar-refractivity contribution in [1.82, 2.24) is 4.98 Å². The summed E-state index contributed by atoms with van der Waals surface area (Å²) in [6.07, 6.45) is 1.90. The van der Waals surface area contributed by atoms with E-state index >= 15 is 0 Å². The molecule has 0 saturated carbocycles. The highest BCUT2D eigenvalue weighted by atomic mass is 32.1. The van der Waals surface area contributed by atoms with Crippen LogP contribution in [-0.4, -0.2) is 4.98 Å². The summed E-state index contributed by atoms with van der Waals surface area (Å²) in [5.41, 5.74) is 5.94. The quantitative estimate of drug-likeness (QED) is 0.299. The Bertz CT molecular complexity index is 1430. The van der Waals surface area contributed by atoms with Gasteiger partial charge in [-0.1, -0.05) is 80.1 Å². The number of thiophene rings is 1. The lowest BCUT2D eigenvalue weighted by Gasteiger charge is -2.08. The Morgan fingerprint density at radius 1 is 0.828 bits per heavy atom. The largest absolute Gasteiger partial charge is 0.256 e. The lowest BCUT2D eigenvalue weighted by atomic mass is 9.99. The molecule has 0 atom stereocenters. The van der Waals surface area contributed by atoms with E-state index in [2.05, 4.69) is 67.4 Å². The van der Waals surface area contributed by atoms with Crippen molar-refractivity contribution in [2.75, 3.05) is 0 Å². The molecule has 3 aromatic carbocycles. The van der Waals surface area contributed by atoms with Gasteiger partial charge >= 0.3 is 0 Å². The van der Waals surface area contributed by atoms with Crippen molar-refractivity contribution in [2.24, 2.45) is 0 Å². The third-order valence-corrected chi connectivity index (χ3v) is 6.73. The number of nitrogens with zero attached hydrogens (tertiary/aromatic N) is 1. The zero-order valence-electron chi connectivity index (χ0n) is 19.4. The lowest BCUT2D eigenvalue weighted by molar-refractivity contribution is 0.864. The number of hydrogen-bond donors (Lipinski definition) is 0. The summed E-state index contributed by atoms with van der Waals surface area (Å²) in [7, 11) is 0. The predicted molar refractivity (Wildman–Crippen MR) is 127 cm³/mol. The Balaban J connectivity index is 1.70. The molecule has 142 valence electrons. The van der Waals surface area contributed by atoms with Crippen molar-refractivity contribution in [3.8, 4) is 22.4 Å². The van der Waals surface area contributed by atoms with Gasteiger partial charge in [-0.15, -0.1) is 11.3 Å². The molecule has 0 amide bonds. The minimum atomic E-state index is -2.09. The maximum absolute atomic E-state index is 7.63. The zero-order valence-corrected chi connectivity index (χ0v) is 17.3. The van der Waals surface area contributed by atoms with Crippen molar-refractivity contribution in [1.29, 1.82) is 0 Å². The molecule has 2 heterocycles. The molecule has 5 aromatic rings. The van der Waals surface area contributed by atoms with Crippen molar-refractivity contribution in [3.63, 3.8) is 0 Å². The number of aromatic nitrogens is 1. The maximum atomic E-state index is 7.63. The van der Waals surface area contributed by atoms with Gasteiger partial charge in [0, 0.05) is 36.0 Å². The molecule has 0 radical (unpaired) electrons. The van der Waals surface area contributed by atoms with Gasteiger partial charge in [-0.2, -0.15) is 0 Å². The number of fused-ring (bicyclic) bond motifs is 3. The number of hydrogen-bond acceptors (Lipinski definition) is 2. The Morgan fingerprint density at radius 2 is 1.52 bits per heavy atom. The molecule has 0 aliphatic carbocycles. The number of pyridine rings is 1. The van der Waals surface area contributed by atoms with E-state index in [1.165, 1.54) is 25.7 Å². The fourth-order valence-corrected chi connectivity index (χ4v) is 5.21. The fraction of sp³-hybridized carbons (Fsp3) is 0.148. The van der Waals surface area contributed by atoms with Crippen LogP contribution in [0.25, 0.3) is 42.6 Å². The number of aryl methyl sites for hydroxylation is 1. The van der Waals surface area contributed by atoms with Gasteiger partial charge < -0.3 is 0 Å². The molecule has 0 unspecified atom stereocenters. The van der Waals surface area contributed by atoms with Crippen LogP contribution in [0, 0.1) is 6.85 Å². The van der Waals surface area contributed by atoms with Gasteiger partial charge in [0.25, 0.3) is 0 Å². The highest BCUT2D eigenvalue weighted by Gasteiger charge is 2.14. The van der Waals surface area contributed by atoms with Gasteiger partial charge in [-0.05, 0) is 41.6 Å². The molecule has 0 N–H and O–H groups in total. The average Bonchev–Trinajstić information content (AvgIpc) is 3.17. The van der Waals surface area contributed by atoms with Crippen molar-refractivity contribution in [3.05, 3.63) is 90.1 Å². The van der Waals surface area contributed by atoms with Crippen LogP contribution in [0.15, 0.2) is 79.0 Å². The van der Waals surface area contributed by atoms with E-state index in [4.69, 9.17) is 4.11 Å². The van der Waals surface area contributed by atoms with Crippen LogP contribution in [0.2, 0.25) is 0 Å². The highest BCUT2D eigenvalue weighted by molar-refractivity contribution is 7.26. The first-order chi connectivity index (χ1) is 15.3. The van der Waals surface area contributed by atoms with E-state index in [1.807, 2.05) is 18.3 Å². The van der Waals surface area contributed by atoms with Gasteiger partial charge in [-0.3, -0.25) is 4.98 Å². The molecule has 0 aliphatic heterocycles. The minimum absolute atomic E-state index is 0.364. The van der Waals surface area contributed by atoms with Crippen LogP contribution in [-0.2, 0) is 0 Å². The second-order valence-corrected chi connectivity index (χ2v) is 8.69. The Kier molecular flexibility index (Phi) is 3.67. The highest BCUT2D eigenvalue weighted by Crippen LogP contribution is 2.43. The predicted octanol–water partition coefficient (Wildman–Crippen LogP) is 8.22. The average molecular weight is 397 g/mol. The first-order valence-electron chi connectivity index (χ1n) is 11.3. The molecular formula is C27H23NS. The standard InChI is InChI=1S/C27H23NS/c1-17(2)20-14-15-28-25(16-20)24-9-5-8-23-22-7-4-6-21(26(22)29-27(23)24)19-12-10-18(3)11-13-19/h4-17H,1-3H3/i3D3. The van der Waals surface area contributed by atoms with Crippen molar-refractivity contribution < 1.29 is 4.11 Å². The fourth-order valence-electron chi connectivity index (χ4n) is 3.85. The van der Waals surface area contributed by atoms with Gasteiger partial charge in [0.1, 0.15) is 0 Å². The van der Waals surface area contributed by atoms with Crippen LogP contribution in [0.1, 0.15) is 35.0 Å². The van der Waals surface area contributed by atoms with Crippen LogP contribution >= 0.6 is 11.3 Å². The summed E-state index contributed by atoms with van der Waals surface area (Å²) in [5, 5.41) is 2.43. The second kappa shape index (κ2) is 7.13. The molecule has 2 heteroatoms. The monoisotopic (exact) mass is 396 g/mol. The normalized spacial score (nSPS) is 13.6. The third-order valence-electron chi connectivity index (χ3n) is 5.45. The molecule has 5 rings (SSSR count). The van der Waals surface area contributed by atoms with Gasteiger partial charge in [-0.25, -0.2) is 0 Å². The smallest absolute Gasteiger partial charge is 0.0719 e. The molecule has 0 fully saturated rings. The Hall–Kier alpha value is -2.97. The van der Waals surface area contributed by atoms with Crippen LogP contribution in [0.5, 0.6) is 0 Å². The SMILES string of the molecule is [2H]C([2H])([2H])c1ccc(-c2cccc3c2sc2c(-c4cc(C(C)C)ccn4)cccc23)cc1. The van der Waals surface area contributed by atoms with E-state index in [9.17, 15) is 0 Å². The van der Waals surface area contributed by atoms with Gasteiger partial charge in [0.2, 0.25) is 0 Å². The summed E-state index contributed by atoms with van der Waals surface area (Å²) >= 11 is 1.78. The Morgan fingerprint density at radius 3 is 2.21 bits per heavy atom. The molecule has 1 nitrogen and oxygen atoms in total. The molecule has 0 bridgehead atoms. The summed E-state index contributed by atoms with van der Waals surface area (Å²) in [4.78, 5) is 4.68. The van der Waals surface area contributed by atoms with Crippen LogP contribution in [0.4, 0.5) is 0 Å². The number of rotatable bonds is 3. The Labute approximate surface area is 179 Å². The number of benzene rings is 3. The van der Waals surface area contributed by atoms with E-state index in [0.29, 0.717) is 11.5 Å². The molecular weight excluding hydrogens is 370 g/mol. The summed E-state index contributed by atoms with van der Waals surface area (Å²) in [5.74, 6) is 0.447. The third kappa shape index (κ3) is 3.14. The molecule has 0 saturated heterocycles. The zero-order chi connectivity index (χ0) is 22.5. The van der Waals surface area contributed by atoms with Crippen molar-refractivity contribution >= 4 is 31.5 Å². The van der Waals surface area contributed by atoms with Gasteiger partial charge in [0.15, 0.2) is 0 Å². The topological polar surface area (TPSA) is 12.9 Å². The summed E-state index contributed by atoms with van der Waals surface area (Å²) in [6, 6.07) is 24.3. The van der Waals surface area contributed by atoms with Crippen molar-refractivity contribution in [2.45, 2.75) is 26.6 Å². The van der Waals surface area contributed by atoms with E-state index in [1.54, 1.807) is 23.5 Å². The van der Waals surface area contributed by atoms with Gasteiger partial charge in [0.05, 0.1) is 5.69 Å². The molecule has 2 aromatic heterocycles. The van der Waals surface area contributed by atoms with E-state index in [0.717, 1.165) is 22.4 Å². The minimum Gasteiger partial charge on any atom is -0.256 e. The molecule has 0 spiro atoms. The first kappa shape index (κ1) is 14.9. The van der Waals surface area contributed by atoms with E-state index in [-0.39, 0.29) is 0 Å². The van der Waals surface area contributed by atoms with E-state index < -0.39 is 6.85 Å². The maximum Gasteiger partial charge on any atom is 0.0719 e. The molecule has 0 aliphatic rings. The second-order valence-electron chi connectivity index (χ2n) is 7.67. The summed E-state index contributed by atoms with van der Waals surface area (Å²) < 4.78 is 25.3.